The number of likely N-dealkylation sites (tertiary alicyclic amines) is 1. The molecular formula is C23H26N8O2. The average molecular weight is 447 g/mol. The molecule has 6 rings (SSSR count). The number of methoxy groups -OCH3 is 1. The number of amides is 1. The highest BCUT2D eigenvalue weighted by Gasteiger charge is 2.48. The largest absolute Gasteiger partial charge is 0.480 e. The van der Waals surface area contributed by atoms with Crippen molar-refractivity contribution in [3.05, 3.63) is 30.9 Å². The molecule has 33 heavy (non-hydrogen) atoms. The second-order valence-electron chi connectivity index (χ2n) is 9.27. The molecule has 10 heteroatoms. The highest BCUT2D eigenvalue weighted by atomic mass is 16.5. The third-order valence-electron chi connectivity index (χ3n) is 6.92. The molecule has 1 amide bonds. The summed E-state index contributed by atoms with van der Waals surface area (Å²) in [5.41, 5.74) is 3.06. The molecular weight excluding hydrogens is 420 g/mol. The van der Waals surface area contributed by atoms with Crippen molar-refractivity contribution in [1.29, 1.82) is 0 Å². The van der Waals surface area contributed by atoms with Crippen LogP contribution in [-0.4, -0.2) is 66.6 Å². The van der Waals surface area contributed by atoms with Crippen LogP contribution in [0.1, 0.15) is 32.6 Å². The van der Waals surface area contributed by atoms with Crippen LogP contribution in [0, 0.1) is 5.41 Å². The van der Waals surface area contributed by atoms with Crippen LogP contribution in [0.4, 0.5) is 5.95 Å². The molecule has 1 saturated carbocycles. The number of hydrogen-bond acceptors (Lipinski definition) is 7. The molecule has 4 aromatic rings. The van der Waals surface area contributed by atoms with Gasteiger partial charge >= 0.3 is 0 Å². The van der Waals surface area contributed by atoms with Crippen molar-refractivity contribution in [3.63, 3.8) is 0 Å². The van der Waals surface area contributed by atoms with Gasteiger partial charge in [0.25, 0.3) is 0 Å². The van der Waals surface area contributed by atoms with Gasteiger partial charge < -0.3 is 19.9 Å². The first-order valence-electron chi connectivity index (χ1n) is 11.3. The number of carbonyl (C=O) groups is 1. The normalized spacial score (nSPS) is 22.6. The molecule has 0 radical (unpaired) electrons. The topological polar surface area (TPSA) is 113 Å². The fourth-order valence-electron chi connectivity index (χ4n) is 5.21. The fraction of sp³-hybridized carbons (Fsp3) is 0.435. The molecule has 2 aliphatic rings. The highest BCUT2D eigenvalue weighted by molar-refractivity contribution is 5.98. The van der Waals surface area contributed by atoms with Gasteiger partial charge in [0.05, 0.1) is 17.9 Å². The minimum Gasteiger partial charge on any atom is -0.480 e. The number of nitrogens with zero attached hydrogens (tertiary/aromatic N) is 6. The number of rotatable bonds is 5. The Morgan fingerprint density at radius 2 is 2.09 bits per heavy atom. The van der Waals surface area contributed by atoms with Gasteiger partial charge in [-0.15, -0.1) is 0 Å². The summed E-state index contributed by atoms with van der Waals surface area (Å²) in [6.45, 7) is 3.85. The van der Waals surface area contributed by atoms with Crippen LogP contribution < -0.4 is 10.1 Å². The van der Waals surface area contributed by atoms with Gasteiger partial charge in [0.15, 0.2) is 5.65 Å². The number of pyridine rings is 1. The lowest BCUT2D eigenvalue weighted by atomic mass is 9.66. The summed E-state index contributed by atoms with van der Waals surface area (Å²) in [5.74, 6) is 1.28. The van der Waals surface area contributed by atoms with Crippen LogP contribution in [-0.2, 0) is 4.79 Å². The van der Waals surface area contributed by atoms with Crippen molar-refractivity contribution in [3.8, 4) is 17.0 Å². The quantitative estimate of drug-likeness (QED) is 0.485. The SMILES string of the molecule is COc1nc(N[C@H]2C[C@@](C)(C(=O)N3CCCC3)C2)nc2[nH]cc(-c3ccn4ncnc4c3)c12. The van der Waals surface area contributed by atoms with Gasteiger partial charge in [0.2, 0.25) is 17.7 Å². The molecule has 170 valence electrons. The van der Waals surface area contributed by atoms with Gasteiger partial charge in [-0.05, 0) is 43.4 Å². The maximum Gasteiger partial charge on any atom is 0.228 e. The third kappa shape index (κ3) is 3.28. The number of H-pyrrole nitrogens is 1. The summed E-state index contributed by atoms with van der Waals surface area (Å²) >= 11 is 0. The van der Waals surface area contributed by atoms with Crippen LogP contribution in [0.15, 0.2) is 30.9 Å². The van der Waals surface area contributed by atoms with E-state index in [-0.39, 0.29) is 17.4 Å². The molecule has 0 spiro atoms. The lowest BCUT2D eigenvalue weighted by Crippen LogP contribution is -2.53. The van der Waals surface area contributed by atoms with Gasteiger partial charge in [-0.2, -0.15) is 15.1 Å². The molecule has 2 fully saturated rings. The van der Waals surface area contributed by atoms with Crippen LogP contribution in [0.25, 0.3) is 27.8 Å². The lowest BCUT2D eigenvalue weighted by Gasteiger charge is -2.45. The molecule has 0 atom stereocenters. The van der Waals surface area contributed by atoms with E-state index in [1.54, 1.807) is 11.6 Å². The van der Waals surface area contributed by atoms with Crippen molar-refractivity contribution >= 4 is 28.5 Å². The summed E-state index contributed by atoms with van der Waals surface area (Å²) in [6, 6.07) is 4.10. The number of hydrogen-bond donors (Lipinski definition) is 2. The van der Waals surface area contributed by atoms with E-state index in [9.17, 15) is 4.79 Å². The Morgan fingerprint density at radius 1 is 1.27 bits per heavy atom. The summed E-state index contributed by atoms with van der Waals surface area (Å²) in [5, 5.41) is 8.37. The number of anilines is 1. The average Bonchev–Trinajstić information content (AvgIpc) is 3.56. The molecule has 4 aromatic heterocycles. The number of aromatic amines is 1. The van der Waals surface area contributed by atoms with Crippen LogP contribution >= 0.6 is 0 Å². The van der Waals surface area contributed by atoms with E-state index in [2.05, 4.69) is 37.3 Å². The van der Waals surface area contributed by atoms with Gasteiger partial charge in [-0.25, -0.2) is 9.50 Å². The molecule has 1 saturated heterocycles. The van der Waals surface area contributed by atoms with Crippen molar-refractivity contribution in [2.24, 2.45) is 5.41 Å². The number of aromatic nitrogens is 6. The smallest absolute Gasteiger partial charge is 0.228 e. The Labute approximate surface area is 190 Å². The fourth-order valence-corrected chi connectivity index (χ4v) is 5.21. The van der Waals surface area contributed by atoms with Gasteiger partial charge in [-0.3, -0.25) is 4.79 Å². The maximum absolute atomic E-state index is 12.9. The predicted molar refractivity (Wildman–Crippen MR) is 123 cm³/mol. The van der Waals surface area contributed by atoms with Gasteiger partial charge in [0.1, 0.15) is 12.0 Å². The Bertz CT molecular complexity index is 1350. The summed E-state index contributed by atoms with van der Waals surface area (Å²) in [7, 11) is 1.61. The first kappa shape index (κ1) is 20.0. The second kappa shape index (κ2) is 7.43. The molecule has 0 unspecified atom stereocenters. The Balaban J connectivity index is 1.24. The first-order chi connectivity index (χ1) is 16.0. The first-order valence-corrected chi connectivity index (χ1v) is 11.3. The van der Waals surface area contributed by atoms with E-state index in [0.29, 0.717) is 17.5 Å². The number of carbonyl (C=O) groups excluding carboxylic acids is 1. The summed E-state index contributed by atoms with van der Waals surface area (Å²) in [4.78, 5) is 31.7. The van der Waals surface area contributed by atoms with Gasteiger partial charge in [-0.1, -0.05) is 6.92 Å². The Kier molecular flexibility index (Phi) is 4.49. The number of ether oxygens (including phenoxy) is 1. The minimum atomic E-state index is -0.295. The van der Waals surface area contributed by atoms with Crippen LogP contribution in [0.5, 0.6) is 5.88 Å². The third-order valence-corrected chi connectivity index (χ3v) is 6.92. The van der Waals surface area contributed by atoms with Crippen molar-refractivity contribution in [2.45, 2.75) is 38.6 Å². The molecule has 5 heterocycles. The molecule has 0 aromatic carbocycles. The summed E-state index contributed by atoms with van der Waals surface area (Å²) < 4.78 is 7.35. The number of nitrogens with one attached hydrogen (secondary N) is 2. The molecule has 10 nitrogen and oxygen atoms in total. The molecule has 2 N–H and O–H groups in total. The second-order valence-corrected chi connectivity index (χ2v) is 9.27. The van der Waals surface area contributed by atoms with E-state index in [0.717, 1.165) is 60.9 Å². The lowest BCUT2D eigenvalue weighted by molar-refractivity contribution is -0.145. The number of fused-ring (bicyclic) bond motifs is 2. The van der Waals surface area contributed by atoms with E-state index in [1.165, 1.54) is 6.33 Å². The van der Waals surface area contributed by atoms with E-state index >= 15 is 0 Å². The minimum absolute atomic E-state index is 0.161. The zero-order valence-electron chi connectivity index (χ0n) is 18.7. The van der Waals surface area contributed by atoms with Gasteiger partial charge in [0, 0.05) is 37.1 Å². The van der Waals surface area contributed by atoms with Crippen molar-refractivity contribution < 1.29 is 9.53 Å². The Morgan fingerprint density at radius 3 is 2.88 bits per heavy atom. The highest BCUT2D eigenvalue weighted by Crippen LogP contribution is 2.44. The van der Waals surface area contributed by atoms with Crippen LogP contribution in [0.2, 0.25) is 0 Å². The summed E-state index contributed by atoms with van der Waals surface area (Å²) in [6.07, 6.45) is 9.09. The van der Waals surface area contributed by atoms with E-state index < -0.39 is 0 Å². The Hall–Kier alpha value is -3.69. The van der Waals surface area contributed by atoms with Crippen LogP contribution in [0.3, 0.4) is 0 Å². The molecule has 1 aliphatic heterocycles. The maximum atomic E-state index is 12.9. The van der Waals surface area contributed by atoms with E-state index in [4.69, 9.17) is 4.74 Å². The van der Waals surface area contributed by atoms with Crippen molar-refractivity contribution in [1.82, 2.24) is 34.4 Å². The monoisotopic (exact) mass is 446 g/mol. The zero-order chi connectivity index (χ0) is 22.6. The van der Waals surface area contributed by atoms with Crippen molar-refractivity contribution in [2.75, 3.05) is 25.5 Å². The molecule has 1 aliphatic carbocycles. The standard InChI is InChI=1S/C23H26N8O2/c1-23(21(32)30-6-3-4-7-30)10-15(11-23)27-22-28-19-18(20(29-22)33-2)16(12-24-19)14-5-8-31-17(9-14)25-13-26-31/h5,8-9,12-13,15H,3-4,6-7,10-11H2,1-2H3,(H2,24,27,28,29)/t15-,23+. The zero-order valence-corrected chi connectivity index (χ0v) is 18.7. The molecule has 0 bridgehead atoms. The predicted octanol–water partition coefficient (Wildman–Crippen LogP) is 2.88. The van der Waals surface area contributed by atoms with E-state index in [1.807, 2.05) is 29.4 Å².